The minimum atomic E-state index is -4.81. The summed E-state index contributed by atoms with van der Waals surface area (Å²) >= 11 is 0. The van der Waals surface area contributed by atoms with Gasteiger partial charge in [0.2, 0.25) is 35.7 Å². The Kier molecular flexibility index (Phi) is 9.87. The Balaban J connectivity index is 1.25. The first-order chi connectivity index (χ1) is 24.8. The molecule has 0 unspecified atom stereocenters. The van der Waals surface area contributed by atoms with Gasteiger partial charge in [0.1, 0.15) is 9.79 Å². The summed E-state index contributed by atoms with van der Waals surface area (Å²) < 4.78 is 69.8. The molecule has 10 N–H and O–H groups in total. The van der Waals surface area contributed by atoms with Crippen LogP contribution in [-0.4, -0.2) is 55.8 Å². The summed E-state index contributed by atoms with van der Waals surface area (Å²) in [6.07, 6.45) is 2.50. The van der Waals surface area contributed by atoms with Gasteiger partial charge in [-0.05, 0) is 59.7 Å². The first-order valence-corrected chi connectivity index (χ1v) is 17.8. The maximum absolute atomic E-state index is 12.4. The number of hydrogen-bond acceptors (Lipinski definition) is 16. The van der Waals surface area contributed by atoms with E-state index in [-0.39, 0.29) is 58.2 Å². The molecule has 0 fully saturated rings. The number of benzene rings is 4. The van der Waals surface area contributed by atoms with Gasteiger partial charge < -0.3 is 32.7 Å². The summed E-state index contributed by atoms with van der Waals surface area (Å²) in [7, 11) is -9.62. The smallest absolute Gasteiger partial charge is 0.295 e. The third-order valence-electron chi connectivity index (χ3n) is 6.90. The topological polar surface area (TPSA) is 286 Å². The van der Waals surface area contributed by atoms with E-state index in [1.54, 1.807) is 24.3 Å². The highest BCUT2D eigenvalue weighted by Crippen LogP contribution is 2.28. The molecule has 0 aliphatic carbocycles. The van der Waals surface area contributed by atoms with Gasteiger partial charge in [0, 0.05) is 22.7 Å². The average Bonchev–Trinajstić information content (AvgIpc) is 3.07. The molecule has 18 nitrogen and oxygen atoms in total. The molecule has 0 aliphatic heterocycles. The van der Waals surface area contributed by atoms with Gasteiger partial charge in [0.25, 0.3) is 20.2 Å². The van der Waals surface area contributed by atoms with E-state index in [9.17, 15) is 25.9 Å². The van der Waals surface area contributed by atoms with E-state index in [1.165, 1.54) is 36.4 Å². The van der Waals surface area contributed by atoms with Crippen molar-refractivity contribution in [1.82, 2.24) is 29.9 Å². The van der Waals surface area contributed by atoms with Gasteiger partial charge in [-0.3, -0.25) is 9.11 Å². The Morgan fingerprint density at radius 1 is 0.462 bits per heavy atom. The predicted octanol–water partition coefficient (Wildman–Crippen LogP) is 4.86. The Morgan fingerprint density at radius 2 is 0.788 bits per heavy atom. The van der Waals surface area contributed by atoms with Crippen molar-refractivity contribution in [2.45, 2.75) is 9.79 Å². The van der Waals surface area contributed by atoms with Crippen LogP contribution in [0, 0.1) is 0 Å². The number of anilines is 10. The lowest BCUT2D eigenvalue weighted by atomic mass is 10.1. The van der Waals surface area contributed by atoms with Crippen LogP contribution in [-0.2, 0) is 20.2 Å². The molecule has 0 aliphatic rings. The quantitative estimate of drug-likeness (QED) is 0.0614. The highest BCUT2D eigenvalue weighted by molar-refractivity contribution is 7.86. The number of para-hydroxylation sites is 2. The van der Waals surface area contributed by atoms with Crippen molar-refractivity contribution in [3.05, 3.63) is 108 Å². The molecule has 264 valence electrons. The fourth-order valence-electron chi connectivity index (χ4n) is 4.69. The van der Waals surface area contributed by atoms with Crippen molar-refractivity contribution in [1.29, 1.82) is 0 Å². The van der Waals surface area contributed by atoms with Crippen LogP contribution in [0.5, 0.6) is 0 Å². The summed E-state index contributed by atoms with van der Waals surface area (Å²) in [6.45, 7) is 0. The summed E-state index contributed by atoms with van der Waals surface area (Å²) in [5.41, 5.74) is 13.4. The van der Waals surface area contributed by atoms with Crippen molar-refractivity contribution in [3.63, 3.8) is 0 Å². The molecule has 2 aromatic heterocycles. The Bertz CT molecular complexity index is 2330. The van der Waals surface area contributed by atoms with Gasteiger partial charge in [-0.1, -0.05) is 60.7 Å². The normalized spacial score (nSPS) is 11.7. The summed E-state index contributed by atoms with van der Waals surface area (Å²) in [4.78, 5) is 23.6. The van der Waals surface area contributed by atoms with E-state index in [0.717, 1.165) is 12.1 Å². The zero-order valence-electron chi connectivity index (χ0n) is 26.6. The van der Waals surface area contributed by atoms with E-state index < -0.39 is 30.0 Å². The Morgan fingerprint density at radius 3 is 1.12 bits per heavy atom. The first kappa shape index (κ1) is 35.1. The van der Waals surface area contributed by atoms with Gasteiger partial charge >= 0.3 is 0 Å². The van der Waals surface area contributed by atoms with Crippen molar-refractivity contribution >= 4 is 90.8 Å². The second-order valence-corrected chi connectivity index (χ2v) is 13.5. The second-order valence-electron chi connectivity index (χ2n) is 10.7. The van der Waals surface area contributed by atoms with Crippen LogP contribution in [0.4, 0.5) is 58.4 Å². The zero-order valence-corrected chi connectivity index (χ0v) is 28.2. The highest BCUT2D eigenvalue weighted by Gasteiger charge is 2.19. The van der Waals surface area contributed by atoms with Gasteiger partial charge in [-0.2, -0.15) is 46.7 Å². The molecule has 0 amide bonds. The number of nitrogens with two attached hydrogens (primary N) is 2. The molecule has 6 rings (SSSR count). The molecule has 0 atom stereocenters. The highest BCUT2D eigenvalue weighted by atomic mass is 32.2. The Labute approximate surface area is 296 Å². The largest absolute Gasteiger partial charge is 0.368 e. The maximum atomic E-state index is 12.4. The predicted molar refractivity (Wildman–Crippen MR) is 196 cm³/mol. The number of nitrogens with one attached hydrogen (secondary N) is 4. The average molecular weight is 741 g/mol. The first-order valence-electron chi connectivity index (χ1n) is 14.9. The van der Waals surface area contributed by atoms with Crippen molar-refractivity contribution in [3.8, 4) is 0 Å². The fourth-order valence-corrected chi connectivity index (χ4v) is 6.11. The van der Waals surface area contributed by atoms with E-state index in [2.05, 4.69) is 51.2 Å². The third kappa shape index (κ3) is 9.08. The van der Waals surface area contributed by atoms with Crippen molar-refractivity contribution in [2.75, 3.05) is 32.7 Å². The summed E-state index contributed by atoms with van der Waals surface area (Å²) in [6, 6.07) is 26.0. The lowest BCUT2D eigenvalue weighted by Crippen LogP contribution is -2.08. The van der Waals surface area contributed by atoms with Crippen LogP contribution >= 0.6 is 0 Å². The van der Waals surface area contributed by atoms with Gasteiger partial charge in [-0.15, -0.1) is 0 Å². The Hall–Kier alpha value is -6.74. The molecular formula is C32H28N12O6S2. The van der Waals surface area contributed by atoms with Gasteiger partial charge in [-0.25, -0.2) is 0 Å². The third-order valence-corrected chi connectivity index (χ3v) is 8.72. The molecule has 0 saturated heterocycles. The zero-order chi connectivity index (χ0) is 36.9. The van der Waals surface area contributed by atoms with Crippen LogP contribution in [0.1, 0.15) is 11.1 Å². The van der Waals surface area contributed by atoms with E-state index in [0.29, 0.717) is 11.4 Å². The van der Waals surface area contributed by atoms with E-state index in [4.69, 9.17) is 11.5 Å². The minimum Gasteiger partial charge on any atom is -0.368 e. The number of hydrogen-bond donors (Lipinski definition) is 8. The van der Waals surface area contributed by atoms with Crippen LogP contribution in [0.15, 0.2) is 107 Å². The monoisotopic (exact) mass is 740 g/mol. The maximum Gasteiger partial charge on any atom is 0.295 e. The molecule has 0 spiro atoms. The van der Waals surface area contributed by atoms with Crippen molar-refractivity contribution < 1.29 is 25.9 Å². The molecule has 52 heavy (non-hydrogen) atoms. The molecule has 20 heteroatoms. The number of nitrogens with zero attached hydrogens (tertiary/aromatic N) is 6. The number of aromatic nitrogens is 6. The minimum absolute atomic E-state index is 0.0164. The lowest BCUT2D eigenvalue weighted by molar-refractivity contribution is 0.480. The SMILES string of the molecule is Nc1nc(Nc2ccccc2)nc(Nc2ccc(/C=C\c3ccc(Nc4nc(N)nc(Nc5ccccc5)n4)cc3S(=O)(=O)O)c(S(=O)(=O)O)c2)n1. The van der Waals surface area contributed by atoms with Crippen LogP contribution in [0.3, 0.4) is 0 Å². The van der Waals surface area contributed by atoms with Crippen LogP contribution in [0.2, 0.25) is 0 Å². The molecule has 4 aromatic carbocycles. The number of nitrogen functional groups attached to an aromatic ring is 2. The van der Waals surface area contributed by atoms with Crippen LogP contribution in [0.25, 0.3) is 12.2 Å². The molecule has 0 saturated carbocycles. The molecule has 0 bridgehead atoms. The van der Waals surface area contributed by atoms with Gasteiger partial charge in [0.05, 0.1) is 0 Å². The van der Waals surface area contributed by atoms with E-state index in [1.807, 2.05) is 36.4 Å². The van der Waals surface area contributed by atoms with E-state index >= 15 is 0 Å². The lowest BCUT2D eigenvalue weighted by Gasteiger charge is -2.11. The molecule has 2 heterocycles. The second kappa shape index (κ2) is 14.6. The fraction of sp³-hybridized carbons (Fsp3) is 0. The molecule has 0 radical (unpaired) electrons. The van der Waals surface area contributed by atoms with Gasteiger partial charge in [0.15, 0.2) is 0 Å². The van der Waals surface area contributed by atoms with Crippen LogP contribution < -0.4 is 32.7 Å². The summed E-state index contributed by atoms with van der Waals surface area (Å²) in [5.74, 6) is -0.0500. The molecular weight excluding hydrogens is 713 g/mol. The molecule has 6 aromatic rings. The number of rotatable bonds is 12. The van der Waals surface area contributed by atoms with Crippen molar-refractivity contribution in [2.24, 2.45) is 0 Å². The summed E-state index contributed by atoms with van der Waals surface area (Å²) in [5, 5.41) is 11.6. The standard InChI is InChI=1S/C32H28N12O6S2/c33-27-39-29(35-21-7-3-1-4-8-21)43-31(41-27)37-23-15-13-19(25(17-23)51(45,46)47)11-12-20-14-16-24(18-26(20)52(48,49)50)38-32-42-28(34)40-30(44-32)36-22-9-5-2-6-10-22/h1-18H,(H,45,46,47)(H,48,49,50)(H4,33,35,37,39,41,43)(H4,34,36,38,40,42,44)/b12-11-.